The standard InChI is InChI=1S/C89H144O17P2/c1-5-9-13-17-21-25-29-33-36-39-41-44-47-51-55-59-63-67-71-75-88(93)105-84(79-99-86(91)73-69-65-61-57-53-49-32-28-24-20-16-12-8-4)81-103-107(95,96)101-77-83(90)78-102-108(97,98)104-82-85(80-100-87(92)74-70-66-62-58-54-50-46-43-38-35-31-27-23-19-15-11-7-3)106-89(94)76-72-68-64-60-56-52-48-45-42-40-37-34-30-26-22-18-14-10-6-2/h9-10,13-14,21-23,25-28,32-38,41-42,44-46,50-52,55-56,58,62,83-85,90H,5-8,11-12,15-20,24,29-31,39-40,43,47-49,53-54,57,59-61,63-82H2,1-4H3,(H,95,96)(H,97,98)/b13-9-,14-10-,25-21-,26-22-,27-23-,32-28-,36-33-,37-34-,38-35-,44-41-,45-42-,50-46-,55-51-,56-52-,62-58-/t83-,84+,85+/m0/s1. The lowest BCUT2D eigenvalue weighted by atomic mass is 10.1. The van der Waals surface area contributed by atoms with Gasteiger partial charge in [-0.3, -0.25) is 37.3 Å². The van der Waals surface area contributed by atoms with Crippen molar-refractivity contribution in [3.8, 4) is 0 Å². The van der Waals surface area contributed by atoms with Crippen LogP contribution in [0.3, 0.4) is 0 Å². The minimum absolute atomic E-state index is 0.0362. The summed E-state index contributed by atoms with van der Waals surface area (Å²) < 4.78 is 68.6. The number of rotatable bonds is 75. The van der Waals surface area contributed by atoms with Crippen molar-refractivity contribution in [2.45, 2.75) is 316 Å². The zero-order chi connectivity index (χ0) is 78.9. The fourth-order valence-electron chi connectivity index (χ4n) is 10.1. The maximum Gasteiger partial charge on any atom is 0.472 e. The second kappa shape index (κ2) is 79.3. The zero-order valence-electron chi connectivity index (χ0n) is 66.9. The maximum atomic E-state index is 13.1. The van der Waals surface area contributed by atoms with Gasteiger partial charge in [0.25, 0.3) is 0 Å². The highest BCUT2D eigenvalue weighted by Crippen LogP contribution is 2.45. The van der Waals surface area contributed by atoms with E-state index >= 15 is 0 Å². The summed E-state index contributed by atoms with van der Waals surface area (Å²) in [5, 5.41) is 10.7. The van der Waals surface area contributed by atoms with Gasteiger partial charge in [-0.1, -0.05) is 274 Å². The first-order chi connectivity index (χ1) is 52.7. The Morgan fingerprint density at radius 1 is 0.269 bits per heavy atom. The molecule has 0 spiro atoms. The average Bonchev–Trinajstić information content (AvgIpc) is 0.898. The molecule has 5 atom stereocenters. The molecule has 0 heterocycles. The molecule has 0 aromatic rings. The Hall–Kier alpha value is -5.84. The van der Waals surface area contributed by atoms with Crippen molar-refractivity contribution in [3.63, 3.8) is 0 Å². The molecule has 19 heteroatoms. The Morgan fingerprint density at radius 2 is 0.491 bits per heavy atom. The smallest absolute Gasteiger partial charge is 0.462 e. The molecule has 0 radical (unpaired) electrons. The number of esters is 4. The number of aliphatic hydroxyl groups excluding tert-OH is 1. The van der Waals surface area contributed by atoms with Crippen molar-refractivity contribution in [3.05, 3.63) is 182 Å². The molecule has 612 valence electrons. The van der Waals surface area contributed by atoms with Crippen molar-refractivity contribution in [1.82, 2.24) is 0 Å². The number of hydrogen-bond acceptors (Lipinski definition) is 15. The van der Waals surface area contributed by atoms with Crippen LogP contribution in [0.1, 0.15) is 297 Å². The molecule has 108 heavy (non-hydrogen) atoms. The van der Waals surface area contributed by atoms with Crippen molar-refractivity contribution >= 4 is 39.5 Å². The number of carbonyl (C=O) groups excluding carboxylic acids is 4. The molecule has 0 aromatic heterocycles. The van der Waals surface area contributed by atoms with Crippen LogP contribution >= 0.6 is 15.6 Å². The number of unbranched alkanes of at least 4 members (excludes halogenated alkanes) is 19. The Bertz CT molecular complexity index is 2760. The second-order valence-corrected chi connectivity index (χ2v) is 29.5. The van der Waals surface area contributed by atoms with Crippen LogP contribution in [0.15, 0.2) is 182 Å². The van der Waals surface area contributed by atoms with E-state index in [4.69, 9.17) is 37.0 Å². The predicted molar refractivity (Wildman–Crippen MR) is 445 cm³/mol. The van der Waals surface area contributed by atoms with Gasteiger partial charge in [-0.15, -0.1) is 0 Å². The topological polar surface area (TPSA) is 237 Å². The summed E-state index contributed by atoms with van der Waals surface area (Å²) in [5.41, 5.74) is 0. The Labute approximate surface area is 654 Å². The van der Waals surface area contributed by atoms with Gasteiger partial charge < -0.3 is 33.8 Å². The van der Waals surface area contributed by atoms with Gasteiger partial charge in [0.1, 0.15) is 19.3 Å². The molecule has 0 bridgehead atoms. The maximum absolute atomic E-state index is 13.1. The summed E-state index contributed by atoms with van der Waals surface area (Å²) in [6.07, 6.45) is 95.9. The summed E-state index contributed by atoms with van der Waals surface area (Å²) in [5.74, 6) is -2.34. The molecular formula is C89H144O17P2. The summed E-state index contributed by atoms with van der Waals surface area (Å²) in [6, 6.07) is 0. The normalized spacial score (nSPS) is 14.8. The fourth-order valence-corrected chi connectivity index (χ4v) is 11.7. The molecule has 17 nitrogen and oxygen atoms in total. The SMILES string of the molecule is CC/C=C\C/C=C\C/C=C\C/C=C\C/C=C\CCCCCC(=O)O[C@H](COC(=O)CCC/C=C\C/C=C\C/C=C\C/C=C\CCCCC)COP(=O)(O)OC[C@@H](O)COP(=O)(O)OC[C@@H](COC(=O)CCCCCCC/C=C\CCCCCC)OC(=O)CCCCC/C=C\C/C=C\C/C=C\C/C=C\C/C=C\CC. The molecule has 0 aliphatic heterocycles. The van der Waals surface area contributed by atoms with E-state index in [1.807, 2.05) is 12.2 Å². The van der Waals surface area contributed by atoms with Gasteiger partial charge in [0.15, 0.2) is 12.2 Å². The van der Waals surface area contributed by atoms with Crippen LogP contribution < -0.4 is 0 Å². The number of phosphoric ester groups is 2. The second-order valence-electron chi connectivity index (χ2n) is 26.6. The minimum atomic E-state index is -5.01. The highest BCUT2D eigenvalue weighted by Gasteiger charge is 2.30. The Balaban J connectivity index is 5.52. The molecule has 0 aromatic carbocycles. The van der Waals surface area contributed by atoms with Crippen LogP contribution in [-0.4, -0.2) is 96.7 Å². The van der Waals surface area contributed by atoms with Gasteiger partial charge in [-0.05, 0) is 180 Å². The predicted octanol–water partition coefficient (Wildman–Crippen LogP) is 24.3. The van der Waals surface area contributed by atoms with E-state index in [0.29, 0.717) is 32.1 Å². The minimum Gasteiger partial charge on any atom is -0.462 e. The Kier molecular flexibility index (Phi) is 75.0. The highest BCUT2D eigenvalue weighted by atomic mass is 31.2. The highest BCUT2D eigenvalue weighted by molar-refractivity contribution is 7.47. The zero-order valence-corrected chi connectivity index (χ0v) is 68.7. The molecule has 2 unspecified atom stereocenters. The van der Waals surface area contributed by atoms with E-state index in [1.165, 1.54) is 44.9 Å². The molecule has 0 rings (SSSR count). The molecule has 0 aliphatic carbocycles. The molecule has 3 N–H and O–H groups in total. The van der Waals surface area contributed by atoms with E-state index in [9.17, 15) is 43.2 Å². The monoisotopic (exact) mass is 1550 g/mol. The number of allylic oxidation sites excluding steroid dienone is 30. The summed E-state index contributed by atoms with van der Waals surface area (Å²) in [4.78, 5) is 73.1. The largest absolute Gasteiger partial charge is 0.472 e. The van der Waals surface area contributed by atoms with Crippen LogP contribution in [0.2, 0.25) is 0 Å². The van der Waals surface area contributed by atoms with Gasteiger partial charge in [0, 0.05) is 25.7 Å². The quantitative estimate of drug-likeness (QED) is 0.0169. The lowest BCUT2D eigenvalue weighted by Crippen LogP contribution is -2.30. The van der Waals surface area contributed by atoms with E-state index in [-0.39, 0.29) is 25.7 Å². The molecular weight excluding hydrogens is 1400 g/mol. The first-order valence-electron chi connectivity index (χ1n) is 41.0. The first-order valence-corrected chi connectivity index (χ1v) is 44.0. The van der Waals surface area contributed by atoms with Crippen LogP contribution in [-0.2, 0) is 65.4 Å². The molecule has 0 amide bonds. The lowest BCUT2D eigenvalue weighted by Gasteiger charge is -2.21. The fraction of sp³-hybridized carbons (Fsp3) is 0.618. The van der Waals surface area contributed by atoms with Crippen molar-refractivity contribution in [2.75, 3.05) is 39.6 Å². The van der Waals surface area contributed by atoms with E-state index < -0.39 is 97.5 Å². The molecule has 0 saturated heterocycles. The van der Waals surface area contributed by atoms with Crippen LogP contribution in [0.5, 0.6) is 0 Å². The van der Waals surface area contributed by atoms with Crippen LogP contribution in [0.25, 0.3) is 0 Å². The Morgan fingerprint density at radius 3 is 0.815 bits per heavy atom. The van der Waals surface area contributed by atoms with Gasteiger partial charge in [0.2, 0.25) is 0 Å². The average molecular weight is 1550 g/mol. The third kappa shape index (κ3) is 78.3. The molecule has 0 fully saturated rings. The number of aliphatic hydroxyl groups is 1. The summed E-state index contributed by atoms with van der Waals surface area (Å²) >= 11 is 0. The van der Waals surface area contributed by atoms with Crippen LogP contribution in [0, 0.1) is 0 Å². The number of carbonyl (C=O) groups is 4. The van der Waals surface area contributed by atoms with Gasteiger partial charge in [0.05, 0.1) is 26.4 Å². The van der Waals surface area contributed by atoms with E-state index in [0.717, 1.165) is 167 Å². The summed E-state index contributed by atoms with van der Waals surface area (Å²) in [6.45, 7) is 4.44. The molecule has 0 saturated carbocycles. The van der Waals surface area contributed by atoms with Crippen molar-refractivity contribution in [1.29, 1.82) is 0 Å². The molecule has 0 aliphatic rings. The van der Waals surface area contributed by atoms with E-state index in [2.05, 4.69) is 198 Å². The lowest BCUT2D eigenvalue weighted by molar-refractivity contribution is -0.161. The number of hydrogen-bond donors (Lipinski definition) is 3. The summed E-state index contributed by atoms with van der Waals surface area (Å²) in [7, 11) is -10.0. The number of ether oxygens (including phenoxy) is 4. The van der Waals surface area contributed by atoms with Gasteiger partial charge in [-0.2, -0.15) is 0 Å². The number of phosphoric acid groups is 2. The van der Waals surface area contributed by atoms with Crippen molar-refractivity contribution < 1.29 is 80.2 Å². The van der Waals surface area contributed by atoms with Gasteiger partial charge >= 0.3 is 39.5 Å². The van der Waals surface area contributed by atoms with Gasteiger partial charge in [-0.25, -0.2) is 9.13 Å². The van der Waals surface area contributed by atoms with Crippen LogP contribution in [0.4, 0.5) is 0 Å². The van der Waals surface area contributed by atoms with Crippen molar-refractivity contribution in [2.24, 2.45) is 0 Å². The third-order valence-corrected chi connectivity index (χ3v) is 18.2. The third-order valence-electron chi connectivity index (χ3n) is 16.3. The first kappa shape index (κ1) is 102. The van der Waals surface area contributed by atoms with E-state index in [1.54, 1.807) is 0 Å².